The molecule has 0 unspecified atom stereocenters. The van der Waals surface area contributed by atoms with Crippen molar-refractivity contribution in [2.75, 3.05) is 19.7 Å². The number of halogens is 2. The van der Waals surface area contributed by atoms with Crippen LogP contribution in [0.1, 0.15) is 77.0 Å². The van der Waals surface area contributed by atoms with Gasteiger partial charge in [0.1, 0.15) is 5.60 Å². The van der Waals surface area contributed by atoms with Crippen LogP contribution in [0.4, 0.5) is 4.79 Å². The normalized spacial score (nSPS) is 26.0. The van der Waals surface area contributed by atoms with Gasteiger partial charge in [0.05, 0.1) is 36.8 Å². The predicted molar refractivity (Wildman–Crippen MR) is 164 cm³/mol. The van der Waals surface area contributed by atoms with Gasteiger partial charge in [0.25, 0.3) is 0 Å². The second-order valence-electron chi connectivity index (χ2n) is 12.4. The highest BCUT2D eigenvalue weighted by Gasteiger charge is 2.52. The third kappa shape index (κ3) is 7.10. The van der Waals surface area contributed by atoms with E-state index in [1.165, 1.54) is 0 Å². The predicted octanol–water partition coefficient (Wildman–Crippen LogP) is 8.05. The van der Waals surface area contributed by atoms with Crippen molar-refractivity contribution in [3.8, 4) is 0 Å². The van der Waals surface area contributed by atoms with Gasteiger partial charge in [-0.3, -0.25) is 4.79 Å². The molecule has 2 aliphatic rings. The fourth-order valence-electron chi connectivity index (χ4n) is 6.29. The third-order valence-electron chi connectivity index (χ3n) is 8.14. The summed E-state index contributed by atoms with van der Waals surface area (Å²) in [4.78, 5) is 31.4. The first kappa shape index (κ1) is 31.4. The molecule has 0 radical (unpaired) electrons. The summed E-state index contributed by atoms with van der Waals surface area (Å²) in [6.45, 7) is 14.8. The largest absolute Gasteiger partial charge is 0.444 e. The fraction of sp³-hybridized carbons (Fsp3) is 0.515. The van der Waals surface area contributed by atoms with Crippen molar-refractivity contribution in [1.82, 2.24) is 9.80 Å². The number of amides is 2. The molecule has 0 aliphatic carbocycles. The molecule has 41 heavy (non-hydrogen) atoms. The van der Waals surface area contributed by atoms with Crippen LogP contribution in [0.2, 0.25) is 10.0 Å². The number of piperidine rings is 1. The topological polar surface area (TPSA) is 59.1 Å². The molecular weight excluding hydrogens is 559 g/mol. The zero-order valence-corrected chi connectivity index (χ0v) is 26.3. The second-order valence-corrected chi connectivity index (χ2v) is 13.3. The molecule has 6 nitrogen and oxygen atoms in total. The van der Waals surface area contributed by atoms with E-state index >= 15 is 0 Å². The maximum Gasteiger partial charge on any atom is 0.410 e. The molecule has 0 spiro atoms. The van der Waals surface area contributed by atoms with Crippen LogP contribution in [0, 0.1) is 5.41 Å². The van der Waals surface area contributed by atoms with Crippen molar-refractivity contribution in [2.45, 2.75) is 83.6 Å². The van der Waals surface area contributed by atoms with Gasteiger partial charge >= 0.3 is 6.09 Å². The standard InChI is InChI=1S/C33H42Cl2N2O4/c1-7-16-33(6)20-26(23-10-9-11-25(35)19-23)29(22-12-14-24(34)15-13-22)37(30(33)38)27(8-2)28-21-36(17-18-40-28)31(39)41-32(3,4)5/h7,9-15,19,26-29H,1,8,16-18,20-21H2,2-6H3/t26-,27-,28+,29-,33+/m1/s1. The smallest absolute Gasteiger partial charge is 0.410 e. The van der Waals surface area contributed by atoms with E-state index in [0.29, 0.717) is 49.0 Å². The fourth-order valence-corrected chi connectivity index (χ4v) is 6.62. The van der Waals surface area contributed by atoms with E-state index in [1.54, 1.807) is 4.90 Å². The number of likely N-dealkylation sites (tertiary alicyclic amines) is 1. The number of morpholine rings is 1. The molecule has 0 bridgehead atoms. The van der Waals surface area contributed by atoms with Crippen molar-refractivity contribution in [3.05, 3.63) is 82.4 Å². The van der Waals surface area contributed by atoms with Crippen LogP contribution >= 0.6 is 23.2 Å². The van der Waals surface area contributed by atoms with Crippen LogP contribution in [-0.2, 0) is 14.3 Å². The lowest BCUT2D eigenvalue weighted by Crippen LogP contribution is -2.61. The van der Waals surface area contributed by atoms with E-state index in [9.17, 15) is 9.59 Å². The van der Waals surface area contributed by atoms with Gasteiger partial charge in [-0.25, -0.2) is 4.79 Å². The molecule has 2 heterocycles. The molecule has 222 valence electrons. The lowest BCUT2D eigenvalue weighted by molar-refractivity contribution is -0.163. The van der Waals surface area contributed by atoms with E-state index in [4.69, 9.17) is 32.7 Å². The molecule has 2 aliphatic heterocycles. The van der Waals surface area contributed by atoms with Crippen LogP contribution in [0.5, 0.6) is 0 Å². The van der Waals surface area contributed by atoms with Crippen molar-refractivity contribution in [2.24, 2.45) is 5.41 Å². The molecule has 8 heteroatoms. The molecule has 2 amide bonds. The Kier molecular flexibility index (Phi) is 9.77. The van der Waals surface area contributed by atoms with Crippen molar-refractivity contribution in [3.63, 3.8) is 0 Å². The maximum absolute atomic E-state index is 14.6. The number of nitrogens with zero attached hydrogens (tertiary/aromatic N) is 2. The van der Waals surface area contributed by atoms with Crippen molar-refractivity contribution in [1.29, 1.82) is 0 Å². The Morgan fingerprint density at radius 1 is 1.17 bits per heavy atom. The minimum atomic E-state index is -0.676. The average Bonchev–Trinajstić information content (AvgIpc) is 2.91. The molecule has 2 fully saturated rings. The number of hydrogen-bond donors (Lipinski definition) is 0. The van der Waals surface area contributed by atoms with E-state index in [0.717, 1.165) is 11.1 Å². The highest BCUT2D eigenvalue weighted by Crippen LogP contribution is 2.52. The van der Waals surface area contributed by atoms with Crippen LogP contribution in [0.25, 0.3) is 0 Å². The zero-order valence-electron chi connectivity index (χ0n) is 24.7. The number of hydrogen-bond acceptors (Lipinski definition) is 4. The molecule has 2 saturated heterocycles. The molecular formula is C33H42Cl2N2O4. The quantitative estimate of drug-likeness (QED) is 0.302. The molecule has 0 N–H and O–H groups in total. The Morgan fingerprint density at radius 2 is 1.88 bits per heavy atom. The van der Waals surface area contributed by atoms with Crippen molar-refractivity contribution >= 4 is 35.2 Å². The van der Waals surface area contributed by atoms with Gasteiger partial charge in [-0.15, -0.1) is 6.58 Å². The van der Waals surface area contributed by atoms with E-state index < -0.39 is 11.0 Å². The van der Waals surface area contributed by atoms with Crippen LogP contribution in [-0.4, -0.2) is 59.2 Å². The molecule has 4 rings (SSSR count). The second kappa shape index (κ2) is 12.8. The summed E-state index contributed by atoms with van der Waals surface area (Å²) in [6, 6.07) is 15.1. The third-order valence-corrected chi connectivity index (χ3v) is 8.62. The lowest BCUT2D eigenvalue weighted by atomic mass is 9.67. The summed E-state index contributed by atoms with van der Waals surface area (Å²) < 4.78 is 12.0. The van der Waals surface area contributed by atoms with Gasteiger partial charge in [0.2, 0.25) is 5.91 Å². The number of rotatable bonds is 7. The van der Waals surface area contributed by atoms with Gasteiger partial charge in [0, 0.05) is 22.5 Å². The van der Waals surface area contributed by atoms with E-state index in [2.05, 4.69) is 19.6 Å². The highest BCUT2D eigenvalue weighted by atomic mass is 35.5. The first-order valence-corrected chi connectivity index (χ1v) is 15.2. The number of carbonyl (C=O) groups is 2. The summed E-state index contributed by atoms with van der Waals surface area (Å²) >= 11 is 12.8. The average molecular weight is 602 g/mol. The van der Waals surface area contributed by atoms with Gasteiger partial charge < -0.3 is 19.3 Å². The maximum atomic E-state index is 14.6. The SMILES string of the molecule is C=CC[C@@]1(C)C[C@H](c2cccc(Cl)c2)[C@@H](c2ccc(Cl)cc2)N([C@H](CC)[C@@H]2CN(C(=O)OC(C)(C)C)CCO2)C1=O. The van der Waals surface area contributed by atoms with Crippen LogP contribution in [0.15, 0.2) is 61.2 Å². The molecule has 0 saturated carbocycles. The Hall–Kier alpha value is -2.54. The number of benzene rings is 2. The summed E-state index contributed by atoms with van der Waals surface area (Å²) in [5, 5.41) is 1.29. The number of carbonyl (C=O) groups excluding carboxylic acids is 2. The molecule has 2 aromatic carbocycles. The molecule has 0 aromatic heterocycles. The first-order chi connectivity index (χ1) is 19.4. The van der Waals surface area contributed by atoms with Crippen LogP contribution in [0.3, 0.4) is 0 Å². The Bertz CT molecular complexity index is 1240. The van der Waals surface area contributed by atoms with Gasteiger partial charge in [0.15, 0.2) is 0 Å². The minimum absolute atomic E-state index is 0.0443. The van der Waals surface area contributed by atoms with Gasteiger partial charge in [-0.2, -0.15) is 0 Å². The molecule has 2 aromatic rings. The zero-order chi connectivity index (χ0) is 29.9. The minimum Gasteiger partial charge on any atom is -0.444 e. The summed E-state index contributed by atoms with van der Waals surface area (Å²) in [7, 11) is 0. The van der Waals surface area contributed by atoms with E-state index in [-0.39, 0.29) is 36.1 Å². The first-order valence-electron chi connectivity index (χ1n) is 14.4. The number of ether oxygens (including phenoxy) is 2. The van der Waals surface area contributed by atoms with E-state index in [1.807, 2.05) is 81.1 Å². The van der Waals surface area contributed by atoms with Gasteiger partial charge in [-0.1, -0.05) is 67.4 Å². The van der Waals surface area contributed by atoms with Crippen molar-refractivity contribution < 1.29 is 19.1 Å². The van der Waals surface area contributed by atoms with Gasteiger partial charge in [-0.05, 0) is 75.4 Å². The molecule has 5 atom stereocenters. The Labute approximate surface area is 254 Å². The summed E-state index contributed by atoms with van der Waals surface area (Å²) in [5.74, 6) is 0.0117. The summed E-state index contributed by atoms with van der Waals surface area (Å²) in [5.41, 5.74) is 0.783. The highest BCUT2D eigenvalue weighted by molar-refractivity contribution is 6.30. The Morgan fingerprint density at radius 3 is 2.49 bits per heavy atom. The monoisotopic (exact) mass is 600 g/mol. The number of allylic oxidation sites excluding steroid dienone is 1. The lowest BCUT2D eigenvalue weighted by Gasteiger charge is -2.54. The summed E-state index contributed by atoms with van der Waals surface area (Å²) in [6.07, 6.45) is 2.90. The Balaban J connectivity index is 1.81. The van der Waals surface area contributed by atoms with Crippen LogP contribution < -0.4 is 0 Å².